The molecule has 1 heterocycles. The molecule has 0 radical (unpaired) electrons. The lowest BCUT2D eigenvalue weighted by molar-refractivity contribution is -0.115. The van der Waals surface area contributed by atoms with Crippen LogP contribution < -0.4 is 15.4 Å². The molecule has 2 N–H and O–H groups in total. The van der Waals surface area contributed by atoms with E-state index in [-0.39, 0.29) is 11.2 Å². The second-order valence-corrected chi connectivity index (χ2v) is 8.23. The van der Waals surface area contributed by atoms with E-state index in [1.54, 1.807) is 38.3 Å². The van der Waals surface area contributed by atoms with Crippen LogP contribution in [0.4, 0.5) is 16.5 Å². The van der Waals surface area contributed by atoms with Gasteiger partial charge in [0.25, 0.3) is 0 Å². The predicted molar refractivity (Wildman–Crippen MR) is 111 cm³/mol. The van der Waals surface area contributed by atoms with E-state index < -0.39 is 0 Å². The third kappa shape index (κ3) is 5.22. The van der Waals surface area contributed by atoms with Crippen LogP contribution in [0, 0.1) is 11.3 Å². The van der Waals surface area contributed by atoms with Crippen LogP contribution in [0.25, 0.3) is 0 Å². The second-order valence-electron chi connectivity index (χ2n) is 5.67. The average molecular weight is 412 g/mol. The van der Waals surface area contributed by atoms with Crippen molar-refractivity contribution in [3.8, 4) is 11.8 Å². The van der Waals surface area contributed by atoms with E-state index in [4.69, 9.17) is 10.00 Å². The van der Waals surface area contributed by atoms with Crippen molar-refractivity contribution < 1.29 is 9.53 Å². The summed E-state index contributed by atoms with van der Waals surface area (Å²) in [5, 5.41) is 23.4. The van der Waals surface area contributed by atoms with Crippen molar-refractivity contribution in [2.45, 2.75) is 16.5 Å². The van der Waals surface area contributed by atoms with E-state index in [9.17, 15) is 4.79 Å². The zero-order chi connectivity index (χ0) is 19.9. The highest BCUT2D eigenvalue weighted by atomic mass is 32.2. The molecule has 1 amide bonds. The van der Waals surface area contributed by atoms with Crippen LogP contribution in [0.3, 0.4) is 0 Å². The number of carbonyl (C=O) groups excluding carboxylic acids is 1. The van der Waals surface area contributed by atoms with Gasteiger partial charge >= 0.3 is 0 Å². The first-order chi connectivity index (χ1) is 13.6. The quantitative estimate of drug-likeness (QED) is 0.560. The van der Waals surface area contributed by atoms with Crippen molar-refractivity contribution in [2.24, 2.45) is 0 Å². The number of hydrogen-bond donors (Lipinski definition) is 2. The standard InChI is InChI=1S/C19H17N5O2S2/c1-12(17(25)21-14-8-6-13(11-20)7-9-14)27-19-24-23-18(28-19)22-15-4-3-5-16(10-15)26-2/h3-10,12H,1-2H3,(H,21,25)(H,22,23)/t12-/m1/s1. The Morgan fingerprint density at radius 1 is 1.21 bits per heavy atom. The summed E-state index contributed by atoms with van der Waals surface area (Å²) in [6, 6.07) is 16.3. The topological polar surface area (TPSA) is 99.9 Å². The van der Waals surface area contributed by atoms with Crippen molar-refractivity contribution in [2.75, 3.05) is 17.7 Å². The number of amides is 1. The summed E-state index contributed by atoms with van der Waals surface area (Å²) in [5.74, 6) is 0.601. The summed E-state index contributed by atoms with van der Waals surface area (Å²) in [4.78, 5) is 12.4. The lowest BCUT2D eigenvalue weighted by Gasteiger charge is -2.10. The molecule has 9 heteroatoms. The van der Waals surface area contributed by atoms with Crippen LogP contribution in [-0.2, 0) is 4.79 Å². The van der Waals surface area contributed by atoms with Crippen molar-refractivity contribution in [3.05, 3.63) is 54.1 Å². The molecule has 0 unspecified atom stereocenters. The Labute approximate surface area is 170 Å². The summed E-state index contributed by atoms with van der Waals surface area (Å²) < 4.78 is 5.89. The lowest BCUT2D eigenvalue weighted by atomic mass is 10.2. The summed E-state index contributed by atoms with van der Waals surface area (Å²) in [6.07, 6.45) is 0. The first kappa shape index (κ1) is 19.7. The van der Waals surface area contributed by atoms with Gasteiger partial charge < -0.3 is 15.4 Å². The number of nitriles is 1. The fraction of sp³-hybridized carbons (Fsp3) is 0.158. The lowest BCUT2D eigenvalue weighted by Crippen LogP contribution is -2.22. The summed E-state index contributed by atoms with van der Waals surface area (Å²) in [6.45, 7) is 1.81. The molecule has 1 atom stereocenters. The summed E-state index contributed by atoms with van der Waals surface area (Å²) >= 11 is 2.70. The van der Waals surface area contributed by atoms with Gasteiger partial charge in [-0.25, -0.2) is 0 Å². The number of methoxy groups -OCH3 is 1. The van der Waals surface area contributed by atoms with Crippen molar-refractivity contribution in [1.29, 1.82) is 5.26 Å². The molecule has 0 saturated carbocycles. The normalized spacial score (nSPS) is 11.3. The molecule has 7 nitrogen and oxygen atoms in total. The van der Waals surface area contributed by atoms with Crippen LogP contribution in [0.15, 0.2) is 52.9 Å². The molecule has 0 aliphatic heterocycles. The fourth-order valence-corrected chi connectivity index (χ4v) is 4.13. The molecule has 28 heavy (non-hydrogen) atoms. The highest BCUT2D eigenvalue weighted by Crippen LogP contribution is 2.31. The maximum Gasteiger partial charge on any atom is 0.237 e. The third-order valence-electron chi connectivity index (χ3n) is 3.66. The zero-order valence-electron chi connectivity index (χ0n) is 15.2. The Morgan fingerprint density at radius 3 is 2.71 bits per heavy atom. The number of rotatable bonds is 7. The smallest absolute Gasteiger partial charge is 0.237 e. The first-order valence-corrected chi connectivity index (χ1v) is 9.99. The monoisotopic (exact) mass is 411 g/mol. The van der Waals surface area contributed by atoms with Gasteiger partial charge in [-0.15, -0.1) is 10.2 Å². The Morgan fingerprint density at radius 2 is 2.00 bits per heavy atom. The fourth-order valence-electron chi connectivity index (χ4n) is 2.21. The van der Waals surface area contributed by atoms with Crippen molar-refractivity contribution in [3.63, 3.8) is 0 Å². The molecule has 0 bridgehead atoms. The van der Waals surface area contributed by atoms with Gasteiger partial charge in [-0.3, -0.25) is 4.79 Å². The minimum absolute atomic E-state index is 0.146. The molecule has 0 saturated heterocycles. The van der Waals surface area contributed by atoms with Gasteiger partial charge in [-0.2, -0.15) is 5.26 Å². The minimum atomic E-state index is -0.353. The number of thioether (sulfide) groups is 1. The van der Waals surface area contributed by atoms with Crippen LogP contribution >= 0.6 is 23.1 Å². The van der Waals surface area contributed by atoms with Gasteiger partial charge in [0, 0.05) is 17.4 Å². The van der Waals surface area contributed by atoms with Crippen LogP contribution in [-0.4, -0.2) is 28.5 Å². The highest BCUT2D eigenvalue weighted by Gasteiger charge is 2.17. The van der Waals surface area contributed by atoms with E-state index in [0.29, 0.717) is 20.7 Å². The van der Waals surface area contributed by atoms with Crippen LogP contribution in [0.5, 0.6) is 5.75 Å². The number of carbonyl (C=O) groups is 1. The van der Waals surface area contributed by atoms with E-state index in [1.165, 1.54) is 23.1 Å². The Bertz CT molecular complexity index is 998. The van der Waals surface area contributed by atoms with Gasteiger partial charge in [0.2, 0.25) is 11.0 Å². The molecule has 0 fully saturated rings. The third-order valence-corrected chi connectivity index (χ3v) is 5.68. The number of nitrogens with one attached hydrogen (secondary N) is 2. The van der Waals surface area contributed by atoms with Gasteiger partial charge in [0.05, 0.1) is 24.0 Å². The number of anilines is 3. The molecule has 3 rings (SSSR count). The number of aromatic nitrogens is 2. The maximum absolute atomic E-state index is 12.4. The number of hydrogen-bond acceptors (Lipinski definition) is 8. The Hall–Kier alpha value is -3.09. The first-order valence-electron chi connectivity index (χ1n) is 8.29. The van der Waals surface area contributed by atoms with Crippen molar-refractivity contribution in [1.82, 2.24) is 10.2 Å². The van der Waals surface area contributed by atoms with Gasteiger partial charge in [-0.05, 0) is 43.3 Å². The van der Waals surface area contributed by atoms with E-state index in [1.807, 2.05) is 30.3 Å². The van der Waals surface area contributed by atoms with Gasteiger partial charge in [0.15, 0.2) is 4.34 Å². The van der Waals surface area contributed by atoms with E-state index >= 15 is 0 Å². The highest BCUT2D eigenvalue weighted by molar-refractivity contribution is 8.02. The van der Waals surface area contributed by atoms with Crippen LogP contribution in [0.1, 0.15) is 12.5 Å². The molecule has 2 aromatic carbocycles. The van der Waals surface area contributed by atoms with Gasteiger partial charge in [-0.1, -0.05) is 29.2 Å². The molecule has 0 aliphatic rings. The summed E-state index contributed by atoms with van der Waals surface area (Å²) in [5.41, 5.74) is 2.04. The largest absolute Gasteiger partial charge is 0.497 e. The predicted octanol–water partition coefficient (Wildman–Crippen LogP) is 4.28. The molecular formula is C19H17N5O2S2. The van der Waals surface area contributed by atoms with Crippen LogP contribution in [0.2, 0.25) is 0 Å². The Balaban J connectivity index is 1.57. The molecular weight excluding hydrogens is 394 g/mol. The molecule has 1 aromatic heterocycles. The summed E-state index contributed by atoms with van der Waals surface area (Å²) in [7, 11) is 1.61. The van der Waals surface area contributed by atoms with E-state index in [0.717, 1.165) is 11.4 Å². The average Bonchev–Trinajstić information content (AvgIpc) is 3.15. The van der Waals surface area contributed by atoms with Gasteiger partial charge in [0.1, 0.15) is 5.75 Å². The SMILES string of the molecule is COc1cccc(Nc2nnc(S[C@H](C)C(=O)Nc3ccc(C#N)cc3)s2)c1. The zero-order valence-corrected chi connectivity index (χ0v) is 16.8. The Kier molecular flexibility index (Phi) is 6.47. The maximum atomic E-state index is 12.4. The number of benzene rings is 2. The molecule has 3 aromatic rings. The minimum Gasteiger partial charge on any atom is -0.497 e. The molecule has 142 valence electrons. The molecule has 0 spiro atoms. The van der Waals surface area contributed by atoms with Crippen molar-refractivity contribution >= 4 is 45.5 Å². The second kappa shape index (κ2) is 9.21. The van der Waals surface area contributed by atoms with E-state index in [2.05, 4.69) is 20.8 Å². The number of nitrogens with zero attached hydrogens (tertiary/aromatic N) is 3. The number of ether oxygens (including phenoxy) is 1. The molecule has 0 aliphatic carbocycles.